The van der Waals surface area contributed by atoms with E-state index in [4.69, 9.17) is 5.11 Å². The Labute approximate surface area is 94.9 Å². The van der Waals surface area contributed by atoms with Crippen LogP contribution in [0.3, 0.4) is 0 Å². The summed E-state index contributed by atoms with van der Waals surface area (Å²) in [4.78, 5) is 18.6. The van der Waals surface area contributed by atoms with Crippen molar-refractivity contribution < 1.29 is 9.90 Å². The SMILES string of the molecule is CC(C)(C)C(CC(=O)O)Nc1ccncn1. The van der Waals surface area contributed by atoms with E-state index in [-0.39, 0.29) is 17.9 Å². The van der Waals surface area contributed by atoms with Crippen LogP contribution in [0.5, 0.6) is 0 Å². The van der Waals surface area contributed by atoms with E-state index in [1.165, 1.54) is 6.33 Å². The van der Waals surface area contributed by atoms with Gasteiger partial charge in [-0.2, -0.15) is 0 Å². The molecule has 1 aromatic heterocycles. The number of carboxylic acid groups (broad SMARTS) is 1. The Kier molecular flexibility index (Phi) is 3.82. The summed E-state index contributed by atoms with van der Waals surface area (Å²) in [6, 6.07) is 1.56. The molecule has 0 aliphatic carbocycles. The molecular formula is C11H17N3O2. The summed E-state index contributed by atoms with van der Waals surface area (Å²) in [6.07, 6.45) is 3.12. The largest absolute Gasteiger partial charge is 0.481 e. The van der Waals surface area contributed by atoms with Crippen LogP contribution in [0.1, 0.15) is 27.2 Å². The standard InChI is InChI=1S/C11H17N3O2/c1-11(2,3)8(6-10(15)16)14-9-4-5-12-7-13-9/h4-5,7-8H,6H2,1-3H3,(H,15,16)(H,12,13,14). The maximum Gasteiger partial charge on any atom is 0.305 e. The van der Waals surface area contributed by atoms with E-state index in [2.05, 4.69) is 15.3 Å². The van der Waals surface area contributed by atoms with Gasteiger partial charge in [0.15, 0.2) is 0 Å². The van der Waals surface area contributed by atoms with Crippen LogP contribution in [0.25, 0.3) is 0 Å². The van der Waals surface area contributed by atoms with Gasteiger partial charge in [-0.05, 0) is 11.5 Å². The number of rotatable bonds is 4. The summed E-state index contributed by atoms with van der Waals surface area (Å²) in [5, 5.41) is 12.0. The Balaban J connectivity index is 2.75. The highest BCUT2D eigenvalue weighted by atomic mass is 16.4. The Hall–Kier alpha value is -1.65. The summed E-state index contributed by atoms with van der Waals surface area (Å²) in [5.74, 6) is -0.169. The molecule has 0 saturated carbocycles. The van der Waals surface area contributed by atoms with Gasteiger partial charge in [0.05, 0.1) is 6.42 Å². The molecule has 1 heterocycles. The minimum Gasteiger partial charge on any atom is -0.481 e. The summed E-state index contributed by atoms with van der Waals surface area (Å²) >= 11 is 0. The molecular weight excluding hydrogens is 206 g/mol. The molecule has 0 radical (unpaired) electrons. The lowest BCUT2D eigenvalue weighted by Crippen LogP contribution is -2.36. The molecule has 0 aromatic carbocycles. The van der Waals surface area contributed by atoms with Gasteiger partial charge in [-0.15, -0.1) is 0 Å². The molecule has 1 aromatic rings. The lowest BCUT2D eigenvalue weighted by atomic mass is 9.85. The first-order valence-electron chi connectivity index (χ1n) is 5.14. The van der Waals surface area contributed by atoms with Gasteiger partial charge in [0.25, 0.3) is 0 Å². The van der Waals surface area contributed by atoms with Crippen molar-refractivity contribution in [3.05, 3.63) is 18.6 Å². The summed E-state index contributed by atoms with van der Waals surface area (Å²) in [7, 11) is 0. The van der Waals surface area contributed by atoms with Crippen LogP contribution in [-0.2, 0) is 4.79 Å². The second-order valence-electron chi connectivity index (χ2n) is 4.76. The molecule has 5 heteroatoms. The molecule has 1 unspecified atom stereocenters. The molecule has 0 fully saturated rings. The van der Waals surface area contributed by atoms with Gasteiger partial charge >= 0.3 is 5.97 Å². The summed E-state index contributed by atoms with van der Waals surface area (Å²) < 4.78 is 0. The van der Waals surface area contributed by atoms with Crippen LogP contribution in [-0.4, -0.2) is 27.1 Å². The minimum atomic E-state index is -0.818. The second-order valence-corrected chi connectivity index (χ2v) is 4.76. The normalized spacial score (nSPS) is 13.2. The van der Waals surface area contributed by atoms with Crippen molar-refractivity contribution in [1.82, 2.24) is 9.97 Å². The third kappa shape index (κ3) is 3.84. The van der Waals surface area contributed by atoms with Crippen LogP contribution in [0.15, 0.2) is 18.6 Å². The molecule has 0 amide bonds. The molecule has 16 heavy (non-hydrogen) atoms. The Bertz CT molecular complexity index is 346. The number of aliphatic carboxylic acids is 1. The van der Waals surface area contributed by atoms with E-state index in [1.807, 2.05) is 20.8 Å². The van der Waals surface area contributed by atoms with Crippen molar-refractivity contribution in [3.63, 3.8) is 0 Å². The van der Waals surface area contributed by atoms with Crippen LogP contribution in [0.2, 0.25) is 0 Å². The molecule has 0 bridgehead atoms. The van der Waals surface area contributed by atoms with Crippen molar-refractivity contribution in [1.29, 1.82) is 0 Å². The average Bonchev–Trinajstić information content (AvgIpc) is 2.16. The lowest BCUT2D eigenvalue weighted by Gasteiger charge is -2.30. The Morgan fingerprint density at radius 2 is 2.25 bits per heavy atom. The molecule has 5 nitrogen and oxygen atoms in total. The zero-order chi connectivity index (χ0) is 12.2. The molecule has 1 atom stereocenters. The van der Waals surface area contributed by atoms with Crippen LogP contribution < -0.4 is 5.32 Å². The predicted octanol–water partition coefficient (Wildman–Crippen LogP) is 1.78. The van der Waals surface area contributed by atoms with Gasteiger partial charge in [-0.25, -0.2) is 9.97 Å². The topological polar surface area (TPSA) is 75.1 Å². The Morgan fingerprint density at radius 1 is 1.56 bits per heavy atom. The van der Waals surface area contributed by atoms with E-state index in [0.29, 0.717) is 5.82 Å². The number of nitrogens with one attached hydrogen (secondary N) is 1. The molecule has 88 valence electrons. The van der Waals surface area contributed by atoms with Crippen molar-refractivity contribution in [2.45, 2.75) is 33.2 Å². The maximum atomic E-state index is 10.8. The fraction of sp³-hybridized carbons (Fsp3) is 0.545. The van der Waals surface area contributed by atoms with E-state index in [0.717, 1.165) is 0 Å². The minimum absolute atomic E-state index is 0.0630. The maximum absolute atomic E-state index is 10.8. The van der Waals surface area contributed by atoms with Crippen molar-refractivity contribution in [2.24, 2.45) is 5.41 Å². The molecule has 0 aliphatic heterocycles. The fourth-order valence-corrected chi connectivity index (χ4v) is 1.30. The molecule has 0 spiro atoms. The highest BCUT2D eigenvalue weighted by Gasteiger charge is 2.27. The molecule has 1 rings (SSSR count). The van der Waals surface area contributed by atoms with Gasteiger partial charge in [-0.3, -0.25) is 4.79 Å². The average molecular weight is 223 g/mol. The van der Waals surface area contributed by atoms with E-state index < -0.39 is 5.97 Å². The first kappa shape index (κ1) is 12.4. The van der Waals surface area contributed by atoms with Crippen LogP contribution in [0.4, 0.5) is 5.82 Å². The Morgan fingerprint density at radius 3 is 2.69 bits per heavy atom. The van der Waals surface area contributed by atoms with Crippen molar-refractivity contribution >= 4 is 11.8 Å². The monoisotopic (exact) mass is 223 g/mol. The third-order valence-corrected chi connectivity index (χ3v) is 2.33. The molecule has 0 saturated heterocycles. The fourth-order valence-electron chi connectivity index (χ4n) is 1.30. The van der Waals surface area contributed by atoms with E-state index >= 15 is 0 Å². The first-order chi connectivity index (χ1) is 7.39. The van der Waals surface area contributed by atoms with Gasteiger partial charge in [0, 0.05) is 12.2 Å². The number of carbonyl (C=O) groups is 1. The number of nitrogens with zero attached hydrogens (tertiary/aromatic N) is 2. The number of carboxylic acids is 1. The molecule has 0 aliphatic rings. The van der Waals surface area contributed by atoms with Crippen LogP contribution in [0, 0.1) is 5.41 Å². The highest BCUT2D eigenvalue weighted by molar-refractivity contribution is 5.68. The smallest absolute Gasteiger partial charge is 0.305 e. The van der Waals surface area contributed by atoms with E-state index in [1.54, 1.807) is 12.3 Å². The summed E-state index contributed by atoms with van der Waals surface area (Å²) in [6.45, 7) is 5.98. The van der Waals surface area contributed by atoms with Crippen LogP contribution >= 0.6 is 0 Å². The van der Waals surface area contributed by atoms with Crippen molar-refractivity contribution in [2.75, 3.05) is 5.32 Å². The first-order valence-corrected chi connectivity index (χ1v) is 5.14. The third-order valence-electron chi connectivity index (χ3n) is 2.33. The van der Waals surface area contributed by atoms with Gasteiger partial charge in [0.2, 0.25) is 0 Å². The van der Waals surface area contributed by atoms with Gasteiger partial charge in [0.1, 0.15) is 12.1 Å². The molecule has 2 N–H and O–H groups in total. The quantitative estimate of drug-likeness (QED) is 0.813. The zero-order valence-electron chi connectivity index (χ0n) is 9.77. The van der Waals surface area contributed by atoms with Crippen molar-refractivity contribution in [3.8, 4) is 0 Å². The van der Waals surface area contributed by atoms with E-state index in [9.17, 15) is 4.79 Å². The number of hydrogen-bond acceptors (Lipinski definition) is 4. The zero-order valence-corrected chi connectivity index (χ0v) is 9.77. The van der Waals surface area contributed by atoms with Gasteiger partial charge in [-0.1, -0.05) is 20.8 Å². The number of aromatic nitrogens is 2. The summed E-state index contributed by atoms with van der Waals surface area (Å²) in [5.41, 5.74) is -0.149. The lowest BCUT2D eigenvalue weighted by molar-refractivity contribution is -0.137. The predicted molar refractivity (Wildman–Crippen MR) is 61.2 cm³/mol. The highest BCUT2D eigenvalue weighted by Crippen LogP contribution is 2.24. The van der Waals surface area contributed by atoms with Gasteiger partial charge < -0.3 is 10.4 Å². The number of anilines is 1. The number of hydrogen-bond donors (Lipinski definition) is 2. The second kappa shape index (κ2) is 4.92.